The third-order valence-electron chi connectivity index (χ3n) is 3.91. The molecule has 2 rings (SSSR count). The highest BCUT2D eigenvalue weighted by Gasteiger charge is 2.02. The first kappa shape index (κ1) is 22.2. The van der Waals surface area contributed by atoms with Gasteiger partial charge in [-0.15, -0.1) is 24.0 Å². The molecule has 0 aliphatic heterocycles. The highest BCUT2D eigenvalue weighted by Crippen LogP contribution is 2.11. The third-order valence-corrected chi connectivity index (χ3v) is 3.91. The van der Waals surface area contributed by atoms with Crippen LogP contribution in [0.1, 0.15) is 23.6 Å². The van der Waals surface area contributed by atoms with Crippen molar-refractivity contribution in [2.24, 2.45) is 4.99 Å². The number of aliphatic hydroxyl groups excluding tert-OH is 1. The molecule has 0 saturated carbocycles. The van der Waals surface area contributed by atoms with E-state index in [9.17, 15) is 5.11 Å². The van der Waals surface area contributed by atoms with Crippen LogP contribution in [-0.4, -0.2) is 31.3 Å². The van der Waals surface area contributed by atoms with Gasteiger partial charge in [0.25, 0.3) is 0 Å². The maximum absolute atomic E-state index is 9.40. The van der Waals surface area contributed by atoms with E-state index in [0.717, 1.165) is 42.3 Å². The van der Waals surface area contributed by atoms with Gasteiger partial charge in [-0.3, -0.25) is 0 Å². The van der Waals surface area contributed by atoms with Crippen LogP contribution in [0.4, 0.5) is 0 Å². The maximum atomic E-state index is 9.40. The Morgan fingerprint density at radius 2 is 1.73 bits per heavy atom. The lowest BCUT2D eigenvalue weighted by Gasteiger charge is -2.12. The third kappa shape index (κ3) is 7.21. The molecule has 0 amide bonds. The molecule has 2 aromatic rings. The zero-order valence-corrected chi connectivity index (χ0v) is 17.7. The summed E-state index contributed by atoms with van der Waals surface area (Å²) in [5.41, 5.74) is 3.20. The van der Waals surface area contributed by atoms with Crippen LogP contribution in [0.25, 0.3) is 0 Å². The van der Waals surface area contributed by atoms with Crippen molar-refractivity contribution in [1.29, 1.82) is 0 Å². The molecule has 0 unspecified atom stereocenters. The average Bonchev–Trinajstić information content (AvgIpc) is 2.66. The van der Waals surface area contributed by atoms with Gasteiger partial charge in [-0.25, -0.2) is 4.99 Å². The van der Waals surface area contributed by atoms with Crippen LogP contribution in [0, 0.1) is 0 Å². The molecule has 0 aliphatic carbocycles. The SMILES string of the molecule is CCNC(=NCc1ccccc1CO)NCCc1ccc(OC)cc1.I. The van der Waals surface area contributed by atoms with Gasteiger partial charge in [0, 0.05) is 13.1 Å². The van der Waals surface area contributed by atoms with Gasteiger partial charge in [0.05, 0.1) is 20.3 Å². The highest BCUT2D eigenvalue weighted by molar-refractivity contribution is 14.0. The zero-order valence-electron chi connectivity index (χ0n) is 15.4. The fourth-order valence-electron chi connectivity index (χ4n) is 2.49. The number of halogens is 1. The van der Waals surface area contributed by atoms with Crippen molar-refractivity contribution in [3.63, 3.8) is 0 Å². The van der Waals surface area contributed by atoms with Crippen molar-refractivity contribution in [2.45, 2.75) is 26.5 Å². The second-order valence-corrected chi connectivity index (χ2v) is 5.65. The van der Waals surface area contributed by atoms with E-state index >= 15 is 0 Å². The lowest BCUT2D eigenvalue weighted by Crippen LogP contribution is -2.38. The van der Waals surface area contributed by atoms with Gasteiger partial charge in [0.2, 0.25) is 0 Å². The molecule has 0 radical (unpaired) electrons. The Balaban J connectivity index is 0.00000338. The van der Waals surface area contributed by atoms with Crippen LogP contribution in [0.2, 0.25) is 0 Å². The predicted octanol–water partition coefficient (Wildman–Crippen LogP) is 3.10. The molecule has 26 heavy (non-hydrogen) atoms. The normalized spacial score (nSPS) is 10.8. The standard InChI is InChI=1S/C20H27N3O2.HI/c1-3-21-20(23-14-17-6-4-5-7-18(17)15-24)22-13-12-16-8-10-19(25-2)11-9-16;/h4-11,24H,3,12-15H2,1-2H3,(H2,21,22,23);1H. The van der Waals surface area contributed by atoms with Gasteiger partial charge in [0.15, 0.2) is 5.96 Å². The van der Waals surface area contributed by atoms with E-state index in [4.69, 9.17) is 4.74 Å². The molecular weight excluding hydrogens is 441 g/mol. The minimum absolute atomic E-state index is 0. The Hall–Kier alpha value is -1.80. The van der Waals surface area contributed by atoms with Crippen LogP contribution in [0.15, 0.2) is 53.5 Å². The highest BCUT2D eigenvalue weighted by atomic mass is 127. The first-order chi connectivity index (χ1) is 12.3. The number of methoxy groups -OCH3 is 1. The number of guanidine groups is 1. The van der Waals surface area contributed by atoms with Gasteiger partial charge >= 0.3 is 0 Å². The van der Waals surface area contributed by atoms with E-state index in [-0.39, 0.29) is 30.6 Å². The van der Waals surface area contributed by atoms with Crippen LogP contribution >= 0.6 is 24.0 Å². The molecule has 0 spiro atoms. The van der Waals surface area contributed by atoms with E-state index in [2.05, 4.69) is 27.8 Å². The number of aliphatic imine (C=N–C) groups is 1. The quantitative estimate of drug-likeness (QED) is 0.316. The Morgan fingerprint density at radius 3 is 2.35 bits per heavy atom. The Bertz CT molecular complexity index is 675. The van der Waals surface area contributed by atoms with E-state index in [1.165, 1.54) is 5.56 Å². The smallest absolute Gasteiger partial charge is 0.191 e. The summed E-state index contributed by atoms with van der Waals surface area (Å²) in [6.45, 7) is 4.21. The molecule has 2 aromatic carbocycles. The Kier molecular flexibility index (Phi) is 10.7. The first-order valence-electron chi connectivity index (χ1n) is 8.59. The van der Waals surface area contributed by atoms with Crippen molar-refractivity contribution in [1.82, 2.24) is 10.6 Å². The summed E-state index contributed by atoms with van der Waals surface area (Å²) in [7, 11) is 1.67. The molecular formula is C20H28IN3O2. The zero-order chi connectivity index (χ0) is 17.9. The maximum Gasteiger partial charge on any atom is 0.191 e. The first-order valence-corrected chi connectivity index (χ1v) is 8.59. The van der Waals surface area contributed by atoms with Crippen LogP contribution in [0.3, 0.4) is 0 Å². The summed E-state index contributed by atoms with van der Waals surface area (Å²) in [5, 5.41) is 16.0. The van der Waals surface area contributed by atoms with Crippen LogP contribution in [0.5, 0.6) is 5.75 Å². The van der Waals surface area contributed by atoms with Crippen molar-refractivity contribution >= 4 is 29.9 Å². The molecule has 3 N–H and O–H groups in total. The minimum Gasteiger partial charge on any atom is -0.497 e. The number of benzene rings is 2. The largest absolute Gasteiger partial charge is 0.497 e. The summed E-state index contributed by atoms with van der Waals surface area (Å²) in [6, 6.07) is 15.9. The van der Waals surface area contributed by atoms with Gasteiger partial charge < -0.3 is 20.5 Å². The van der Waals surface area contributed by atoms with E-state index in [1.807, 2.05) is 43.3 Å². The number of ether oxygens (including phenoxy) is 1. The van der Waals surface area contributed by atoms with Crippen LogP contribution < -0.4 is 15.4 Å². The molecule has 6 heteroatoms. The summed E-state index contributed by atoms with van der Waals surface area (Å²) >= 11 is 0. The molecule has 142 valence electrons. The van der Waals surface area contributed by atoms with Gasteiger partial charge in [-0.2, -0.15) is 0 Å². The summed E-state index contributed by atoms with van der Waals surface area (Å²) < 4.78 is 5.17. The fourth-order valence-corrected chi connectivity index (χ4v) is 2.49. The minimum atomic E-state index is 0. The van der Waals surface area contributed by atoms with Crippen molar-refractivity contribution in [3.8, 4) is 5.75 Å². The molecule has 0 bridgehead atoms. The second kappa shape index (κ2) is 12.5. The van der Waals surface area contributed by atoms with Gasteiger partial charge in [-0.1, -0.05) is 36.4 Å². The summed E-state index contributed by atoms with van der Waals surface area (Å²) in [4.78, 5) is 4.61. The number of hydrogen-bond donors (Lipinski definition) is 3. The molecule has 0 aliphatic rings. The summed E-state index contributed by atoms with van der Waals surface area (Å²) in [5.74, 6) is 1.65. The lowest BCUT2D eigenvalue weighted by atomic mass is 10.1. The molecule has 5 nitrogen and oxygen atoms in total. The molecule has 0 saturated heterocycles. The van der Waals surface area contributed by atoms with E-state index in [0.29, 0.717) is 6.54 Å². The Labute approximate surface area is 172 Å². The topological polar surface area (TPSA) is 65.9 Å². The van der Waals surface area contributed by atoms with E-state index in [1.54, 1.807) is 7.11 Å². The number of aliphatic hydroxyl groups is 1. The average molecular weight is 469 g/mol. The van der Waals surface area contributed by atoms with Gasteiger partial charge in [-0.05, 0) is 42.2 Å². The number of nitrogens with zero attached hydrogens (tertiary/aromatic N) is 1. The monoisotopic (exact) mass is 469 g/mol. The Morgan fingerprint density at radius 1 is 1.04 bits per heavy atom. The second-order valence-electron chi connectivity index (χ2n) is 5.65. The fraction of sp³-hybridized carbons (Fsp3) is 0.350. The lowest BCUT2D eigenvalue weighted by molar-refractivity contribution is 0.280. The van der Waals surface area contributed by atoms with Crippen molar-refractivity contribution in [2.75, 3.05) is 20.2 Å². The number of hydrogen-bond acceptors (Lipinski definition) is 3. The number of rotatable bonds is 8. The summed E-state index contributed by atoms with van der Waals surface area (Å²) in [6.07, 6.45) is 0.904. The molecule has 0 aromatic heterocycles. The molecule has 0 heterocycles. The molecule has 0 fully saturated rings. The van der Waals surface area contributed by atoms with Crippen LogP contribution in [-0.2, 0) is 19.6 Å². The van der Waals surface area contributed by atoms with Crippen molar-refractivity contribution in [3.05, 3.63) is 65.2 Å². The van der Waals surface area contributed by atoms with Gasteiger partial charge in [0.1, 0.15) is 5.75 Å². The van der Waals surface area contributed by atoms with Crippen molar-refractivity contribution < 1.29 is 9.84 Å². The molecule has 0 atom stereocenters. The number of nitrogens with one attached hydrogen (secondary N) is 2. The van der Waals surface area contributed by atoms with E-state index < -0.39 is 0 Å². The predicted molar refractivity (Wildman–Crippen MR) is 117 cm³/mol.